The summed E-state index contributed by atoms with van der Waals surface area (Å²) in [6.07, 6.45) is -1.12. The first kappa shape index (κ1) is 21.0. The normalized spacial score (nSPS) is 16.4. The zero-order chi connectivity index (χ0) is 21.8. The number of ether oxygens (including phenoxy) is 2. The van der Waals surface area contributed by atoms with Crippen LogP contribution < -0.4 is 14.4 Å². The van der Waals surface area contributed by atoms with Crippen LogP contribution in [0.2, 0.25) is 0 Å². The van der Waals surface area contributed by atoms with Gasteiger partial charge in [-0.1, -0.05) is 36.4 Å². The molecule has 0 aromatic heterocycles. The van der Waals surface area contributed by atoms with Gasteiger partial charge in [-0.25, -0.2) is 4.39 Å². The van der Waals surface area contributed by atoms with E-state index in [1.807, 2.05) is 60.4 Å². The van der Waals surface area contributed by atoms with Gasteiger partial charge in [-0.05, 0) is 48.4 Å². The molecule has 0 bridgehead atoms. The van der Waals surface area contributed by atoms with Crippen LogP contribution in [0.3, 0.4) is 0 Å². The molecular formula is C25H26FNO4. The number of hydrogen-bond acceptors (Lipinski definition) is 5. The first-order valence-electron chi connectivity index (χ1n) is 10.4. The maximum atomic E-state index is 13.2. The Balaban J connectivity index is 1.77. The molecule has 0 radical (unpaired) electrons. The van der Waals surface area contributed by atoms with Gasteiger partial charge in [0.1, 0.15) is 24.8 Å². The van der Waals surface area contributed by atoms with E-state index in [1.54, 1.807) is 18.2 Å². The van der Waals surface area contributed by atoms with E-state index in [4.69, 9.17) is 9.47 Å². The summed E-state index contributed by atoms with van der Waals surface area (Å²) in [6, 6.07) is 20.2. The van der Waals surface area contributed by atoms with Crippen molar-refractivity contribution in [1.29, 1.82) is 0 Å². The molecule has 0 aliphatic carbocycles. The Hall–Kier alpha value is -3.25. The van der Waals surface area contributed by atoms with Gasteiger partial charge in [-0.15, -0.1) is 0 Å². The van der Waals surface area contributed by atoms with E-state index in [0.29, 0.717) is 19.0 Å². The SMILES string of the molecule is CCOc1cccc(C2COc3c(-c4cccc(O)c4)cccc3N2CC(O)CF)c1. The van der Waals surface area contributed by atoms with Crippen molar-refractivity contribution in [1.82, 2.24) is 0 Å². The number of para-hydroxylation sites is 1. The molecule has 1 aliphatic rings. The van der Waals surface area contributed by atoms with Gasteiger partial charge >= 0.3 is 0 Å². The van der Waals surface area contributed by atoms with Crippen LogP contribution in [-0.2, 0) is 0 Å². The Bertz CT molecular complexity index is 1040. The van der Waals surface area contributed by atoms with Crippen LogP contribution in [0, 0.1) is 0 Å². The first-order valence-corrected chi connectivity index (χ1v) is 10.4. The van der Waals surface area contributed by atoms with Crippen LogP contribution in [0.4, 0.5) is 10.1 Å². The molecule has 3 aromatic rings. The van der Waals surface area contributed by atoms with Gasteiger partial charge in [0.2, 0.25) is 0 Å². The fraction of sp³-hybridized carbons (Fsp3) is 0.280. The number of alkyl halides is 1. The molecule has 1 heterocycles. The lowest BCUT2D eigenvalue weighted by Gasteiger charge is -2.40. The summed E-state index contributed by atoms with van der Waals surface area (Å²) in [6.45, 7) is 2.12. The number of aliphatic hydroxyl groups is 1. The number of fused-ring (bicyclic) bond motifs is 1. The Labute approximate surface area is 181 Å². The molecule has 0 saturated carbocycles. The molecule has 162 valence electrons. The monoisotopic (exact) mass is 423 g/mol. The number of aromatic hydroxyl groups is 1. The highest BCUT2D eigenvalue weighted by Crippen LogP contribution is 2.45. The van der Waals surface area contributed by atoms with Crippen molar-refractivity contribution in [2.75, 3.05) is 31.3 Å². The largest absolute Gasteiger partial charge is 0.508 e. The van der Waals surface area contributed by atoms with Gasteiger partial charge < -0.3 is 24.6 Å². The Morgan fingerprint density at radius 3 is 2.71 bits per heavy atom. The topological polar surface area (TPSA) is 62.2 Å². The minimum atomic E-state index is -1.12. The zero-order valence-electron chi connectivity index (χ0n) is 17.4. The van der Waals surface area contributed by atoms with E-state index in [0.717, 1.165) is 28.1 Å². The van der Waals surface area contributed by atoms with Crippen LogP contribution in [-0.4, -0.2) is 42.8 Å². The second kappa shape index (κ2) is 9.27. The molecule has 6 heteroatoms. The van der Waals surface area contributed by atoms with Crippen LogP contribution in [0.15, 0.2) is 66.7 Å². The standard InChI is InChI=1S/C25H26FNO4/c1-2-30-21-9-4-7-18(13-21)24-16-31-25-22(17-6-3-8-19(28)12-17)10-5-11-23(25)27(24)15-20(29)14-26/h3-13,20,24,28-29H,2,14-16H2,1H3. The molecule has 0 amide bonds. The van der Waals surface area contributed by atoms with E-state index in [2.05, 4.69) is 0 Å². The van der Waals surface area contributed by atoms with Crippen LogP contribution in [0.5, 0.6) is 17.2 Å². The van der Waals surface area contributed by atoms with Crippen molar-refractivity contribution in [3.8, 4) is 28.4 Å². The summed E-state index contributed by atoms with van der Waals surface area (Å²) in [7, 11) is 0. The molecular weight excluding hydrogens is 397 g/mol. The number of β-amino-alcohol motifs (C(OH)–C–C–N with tert-alkyl or cyclic N) is 1. The van der Waals surface area contributed by atoms with Crippen LogP contribution >= 0.6 is 0 Å². The van der Waals surface area contributed by atoms with Gasteiger partial charge in [0.15, 0.2) is 5.75 Å². The molecule has 5 nitrogen and oxygen atoms in total. The summed E-state index contributed by atoms with van der Waals surface area (Å²) in [5.41, 5.74) is 3.38. The smallest absolute Gasteiger partial charge is 0.150 e. The van der Waals surface area contributed by atoms with Crippen LogP contribution in [0.25, 0.3) is 11.1 Å². The van der Waals surface area contributed by atoms with Gasteiger partial charge in [-0.2, -0.15) is 0 Å². The van der Waals surface area contributed by atoms with Crippen LogP contribution in [0.1, 0.15) is 18.5 Å². The van der Waals surface area contributed by atoms with E-state index < -0.39 is 12.8 Å². The number of benzene rings is 3. The van der Waals surface area contributed by atoms with Crippen molar-refractivity contribution in [3.63, 3.8) is 0 Å². The van der Waals surface area contributed by atoms with Crippen molar-refractivity contribution < 1.29 is 24.1 Å². The third kappa shape index (κ3) is 4.44. The molecule has 2 unspecified atom stereocenters. The van der Waals surface area contributed by atoms with E-state index in [9.17, 15) is 14.6 Å². The van der Waals surface area contributed by atoms with E-state index >= 15 is 0 Å². The van der Waals surface area contributed by atoms with Crippen molar-refractivity contribution in [2.45, 2.75) is 19.1 Å². The van der Waals surface area contributed by atoms with Gasteiger partial charge in [0.05, 0.1) is 24.4 Å². The number of nitrogens with zero attached hydrogens (tertiary/aromatic N) is 1. The molecule has 0 fully saturated rings. The second-order valence-corrected chi connectivity index (χ2v) is 7.50. The minimum Gasteiger partial charge on any atom is -0.508 e. The van der Waals surface area contributed by atoms with E-state index in [1.165, 1.54) is 0 Å². The third-order valence-corrected chi connectivity index (χ3v) is 5.36. The summed E-state index contributed by atoms with van der Waals surface area (Å²) in [4.78, 5) is 1.99. The molecule has 1 aliphatic heterocycles. The quantitative estimate of drug-likeness (QED) is 0.575. The highest BCUT2D eigenvalue weighted by atomic mass is 19.1. The molecule has 2 atom stereocenters. The molecule has 0 spiro atoms. The molecule has 3 aromatic carbocycles. The van der Waals surface area contributed by atoms with Crippen molar-refractivity contribution in [2.24, 2.45) is 0 Å². The summed E-state index contributed by atoms with van der Waals surface area (Å²) in [5, 5.41) is 20.1. The molecule has 2 N–H and O–H groups in total. The number of rotatable bonds is 7. The number of hydrogen-bond donors (Lipinski definition) is 2. The Morgan fingerprint density at radius 1 is 1.13 bits per heavy atom. The molecule has 4 rings (SSSR count). The molecule has 31 heavy (non-hydrogen) atoms. The zero-order valence-corrected chi connectivity index (χ0v) is 17.4. The maximum absolute atomic E-state index is 13.2. The predicted octanol–water partition coefficient (Wildman–Crippen LogP) is 4.73. The fourth-order valence-corrected chi connectivity index (χ4v) is 3.98. The van der Waals surface area contributed by atoms with Gasteiger partial charge in [-0.3, -0.25) is 0 Å². The van der Waals surface area contributed by atoms with Crippen molar-refractivity contribution >= 4 is 5.69 Å². The fourth-order valence-electron chi connectivity index (χ4n) is 3.98. The third-order valence-electron chi connectivity index (χ3n) is 5.36. The Kier molecular flexibility index (Phi) is 6.28. The first-order chi connectivity index (χ1) is 15.1. The summed E-state index contributed by atoms with van der Waals surface area (Å²) >= 11 is 0. The average Bonchev–Trinajstić information content (AvgIpc) is 2.79. The molecule has 0 saturated heterocycles. The summed E-state index contributed by atoms with van der Waals surface area (Å²) < 4.78 is 25.1. The number of aliphatic hydroxyl groups excluding tert-OH is 1. The minimum absolute atomic E-state index is 0.125. The van der Waals surface area contributed by atoms with E-state index in [-0.39, 0.29) is 18.3 Å². The lowest BCUT2D eigenvalue weighted by molar-refractivity contribution is 0.137. The summed E-state index contributed by atoms with van der Waals surface area (Å²) in [5.74, 6) is 1.57. The number of halogens is 1. The lowest BCUT2D eigenvalue weighted by Crippen LogP contribution is -2.42. The van der Waals surface area contributed by atoms with Gasteiger partial charge in [0, 0.05) is 12.1 Å². The lowest BCUT2D eigenvalue weighted by atomic mass is 9.98. The predicted molar refractivity (Wildman–Crippen MR) is 119 cm³/mol. The second-order valence-electron chi connectivity index (χ2n) is 7.50. The average molecular weight is 423 g/mol. The number of phenols is 1. The number of phenolic OH excluding ortho intramolecular Hbond substituents is 1. The van der Waals surface area contributed by atoms with Gasteiger partial charge in [0.25, 0.3) is 0 Å². The highest BCUT2D eigenvalue weighted by molar-refractivity contribution is 5.80. The Morgan fingerprint density at radius 2 is 1.94 bits per heavy atom. The highest BCUT2D eigenvalue weighted by Gasteiger charge is 2.32. The maximum Gasteiger partial charge on any atom is 0.150 e. The number of anilines is 1. The van der Waals surface area contributed by atoms with Crippen molar-refractivity contribution in [3.05, 3.63) is 72.3 Å².